The van der Waals surface area contributed by atoms with Crippen molar-refractivity contribution < 1.29 is 26.0 Å². The van der Waals surface area contributed by atoms with Gasteiger partial charge in [-0.2, -0.15) is 8.42 Å². The largest absolute Gasteiger partial charge is 0.338 e. The van der Waals surface area contributed by atoms with Crippen LogP contribution in [0.4, 0.5) is 10.1 Å². The van der Waals surface area contributed by atoms with E-state index in [1.807, 2.05) is 6.08 Å². The molecule has 2 unspecified atom stereocenters. The Labute approximate surface area is 215 Å². The van der Waals surface area contributed by atoms with Gasteiger partial charge in [0, 0.05) is 24.8 Å². The number of carbonyl (C=O) groups excluding carboxylic acids is 1. The summed E-state index contributed by atoms with van der Waals surface area (Å²) in [5.74, 6) is -0.0823. The maximum absolute atomic E-state index is 13.9. The van der Waals surface area contributed by atoms with Crippen LogP contribution < -0.4 is 5.32 Å². The molecule has 2 heterocycles. The molecule has 0 spiro atoms. The van der Waals surface area contributed by atoms with E-state index in [9.17, 15) is 26.0 Å². The van der Waals surface area contributed by atoms with Crippen LogP contribution in [-0.4, -0.2) is 45.8 Å². The molecule has 2 fully saturated rings. The van der Waals surface area contributed by atoms with Gasteiger partial charge in [0.1, 0.15) is 10.7 Å². The Balaban J connectivity index is 1.37. The molecule has 4 atom stereocenters. The predicted molar refractivity (Wildman–Crippen MR) is 136 cm³/mol. The number of anilines is 1. The number of hydrogen-bond acceptors (Lipinski definition) is 6. The fourth-order valence-corrected chi connectivity index (χ4v) is 8.38. The number of nitrogens with one attached hydrogen (secondary N) is 1. The van der Waals surface area contributed by atoms with Gasteiger partial charge in [-0.3, -0.25) is 4.79 Å². The number of rotatable bonds is 5. The van der Waals surface area contributed by atoms with Gasteiger partial charge in [-0.1, -0.05) is 24.3 Å². The van der Waals surface area contributed by atoms with Crippen molar-refractivity contribution in [1.29, 1.82) is 0 Å². The quantitative estimate of drug-likeness (QED) is 0.620. The van der Waals surface area contributed by atoms with Gasteiger partial charge in [0.15, 0.2) is 15.7 Å². The van der Waals surface area contributed by atoms with E-state index >= 15 is 0 Å². The van der Waals surface area contributed by atoms with E-state index in [1.54, 1.807) is 23.1 Å². The Hall–Kier alpha value is -3.05. The van der Waals surface area contributed by atoms with E-state index in [0.717, 1.165) is 31.1 Å². The third-order valence-corrected chi connectivity index (χ3v) is 10.1. The smallest absolute Gasteiger partial charge is 0.286 e. The lowest BCUT2D eigenvalue weighted by atomic mass is 9.79. The molecule has 8 nitrogen and oxygen atoms in total. The average molecular weight is 544 g/mol. The number of benzene rings is 2. The first-order valence-corrected chi connectivity index (χ1v) is 15.7. The van der Waals surface area contributed by atoms with Crippen LogP contribution in [0.25, 0.3) is 0 Å². The van der Waals surface area contributed by atoms with Crippen LogP contribution in [0.15, 0.2) is 63.4 Å². The van der Waals surface area contributed by atoms with Crippen LogP contribution in [0, 0.1) is 23.6 Å². The highest BCUT2D eigenvalue weighted by Crippen LogP contribution is 2.53. The zero-order valence-electron chi connectivity index (χ0n) is 20.1. The van der Waals surface area contributed by atoms with Crippen LogP contribution in [0.1, 0.15) is 30.4 Å². The Bertz CT molecular complexity index is 1580. The van der Waals surface area contributed by atoms with E-state index in [-0.39, 0.29) is 51.4 Å². The molecule has 0 aromatic heterocycles. The summed E-state index contributed by atoms with van der Waals surface area (Å²) < 4.78 is 67.1. The third kappa shape index (κ3) is 4.37. The van der Waals surface area contributed by atoms with E-state index in [4.69, 9.17) is 0 Å². The summed E-state index contributed by atoms with van der Waals surface area (Å²) in [5, 5.41) is 3.01. The average Bonchev–Trinajstić information content (AvgIpc) is 3.43. The topological polar surface area (TPSA) is 113 Å². The number of sulfonamides is 1. The summed E-state index contributed by atoms with van der Waals surface area (Å²) in [6.45, 7) is 0.298. The molecular weight excluding hydrogens is 517 g/mol. The van der Waals surface area contributed by atoms with E-state index < -0.39 is 19.9 Å². The molecule has 2 aromatic rings. The standard InChI is InChI=1S/C26H26FN3O5S2/c1-36(32,33)14-16-4-9-22-23(10-16)37(34,35)29-25(28-22)21-12-20-17-5-6-18(11-17)24(20)30(26(21)31)13-15-2-7-19(27)8-3-15/h2-4,7-10,12,17-18,20,24H,5-6,11,13-14H2,1H3,(H,28,29)/t17-,18+,20?,24?/m0/s1. The second kappa shape index (κ2) is 8.49. The molecular formula is C26H26FN3O5S2. The molecule has 4 aliphatic rings. The highest BCUT2D eigenvalue weighted by Gasteiger charge is 2.53. The van der Waals surface area contributed by atoms with Gasteiger partial charge in [-0.05, 0) is 66.5 Å². The van der Waals surface area contributed by atoms with Crippen molar-refractivity contribution in [3.8, 4) is 0 Å². The Kier molecular flexibility index (Phi) is 5.57. The molecule has 194 valence electrons. The number of amides is 1. The Morgan fingerprint density at radius 2 is 1.78 bits per heavy atom. The monoisotopic (exact) mass is 543 g/mol. The van der Waals surface area contributed by atoms with Crippen molar-refractivity contribution in [3.05, 3.63) is 71.1 Å². The number of sulfone groups is 1. The van der Waals surface area contributed by atoms with Gasteiger partial charge in [-0.25, -0.2) is 12.8 Å². The Morgan fingerprint density at radius 1 is 1.08 bits per heavy atom. The van der Waals surface area contributed by atoms with Gasteiger partial charge in [-0.15, -0.1) is 4.40 Å². The third-order valence-electron chi connectivity index (χ3n) is 7.88. The van der Waals surface area contributed by atoms with Gasteiger partial charge in [0.05, 0.1) is 17.0 Å². The van der Waals surface area contributed by atoms with Crippen LogP contribution in [-0.2, 0) is 37.0 Å². The van der Waals surface area contributed by atoms with E-state index in [0.29, 0.717) is 23.9 Å². The lowest BCUT2D eigenvalue weighted by Gasteiger charge is -2.43. The van der Waals surface area contributed by atoms with Crippen molar-refractivity contribution >= 4 is 37.3 Å². The van der Waals surface area contributed by atoms with Crippen molar-refractivity contribution in [1.82, 2.24) is 4.90 Å². The molecule has 2 aliphatic carbocycles. The predicted octanol–water partition coefficient (Wildman–Crippen LogP) is 3.27. The molecule has 1 N–H and O–H groups in total. The lowest BCUT2D eigenvalue weighted by molar-refractivity contribution is -0.132. The van der Waals surface area contributed by atoms with Crippen LogP contribution in [0.3, 0.4) is 0 Å². The molecule has 1 amide bonds. The molecule has 0 radical (unpaired) electrons. The summed E-state index contributed by atoms with van der Waals surface area (Å²) in [6, 6.07) is 10.4. The number of carbonyl (C=O) groups is 1. The van der Waals surface area contributed by atoms with Crippen LogP contribution >= 0.6 is 0 Å². The van der Waals surface area contributed by atoms with E-state index in [2.05, 4.69) is 9.71 Å². The minimum atomic E-state index is -4.18. The number of halogens is 1. The van der Waals surface area contributed by atoms with Gasteiger partial charge >= 0.3 is 0 Å². The van der Waals surface area contributed by atoms with Gasteiger partial charge < -0.3 is 10.2 Å². The summed E-state index contributed by atoms with van der Waals surface area (Å²) in [7, 11) is -7.53. The summed E-state index contributed by atoms with van der Waals surface area (Å²) in [6.07, 6.45) is 6.12. The lowest BCUT2D eigenvalue weighted by Crippen LogP contribution is -2.52. The molecule has 2 bridgehead atoms. The molecule has 37 heavy (non-hydrogen) atoms. The minimum absolute atomic E-state index is 0.0201. The fourth-order valence-electron chi connectivity index (χ4n) is 6.41. The molecule has 6 rings (SSSR count). The molecule has 2 aliphatic heterocycles. The second-order valence-electron chi connectivity index (χ2n) is 10.5. The first-order chi connectivity index (χ1) is 17.5. The molecule has 2 saturated carbocycles. The summed E-state index contributed by atoms with van der Waals surface area (Å²) in [5.41, 5.74) is 1.60. The van der Waals surface area contributed by atoms with Crippen LogP contribution in [0.5, 0.6) is 0 Å². The van der Waals surface area contributed by atoms with E-state index in [1.165, 1.54) is 24.3 Å². The molecule has 0 saturated heterocycles. The second-order valence-corrected chi connectivity index (χ2v) is 14.2. The zero-order chi connectivity index (χ0) is 26.1. The van der Waals surface area contributed by atoms with Crippen molar-refractivity contribution in [2.45, 2.75) is 42.5 Å². The molecule has 11 heteroatoms. The Morgan fingerprint density at radius 3 is 2.51 bits per heavy atom. The van der Waals surface area contributed by atoms with Crippen molar-refractivity contribution in [3.63, 3.8) is 0 Å². The minimum Gasteiger partial charge on any atom is -0.338 e. The zero-order valence-corrected chi connectivity index (χ0v) is 21.7. The number of hydrogen-bond donors (Lipinski definition) is 1. The highest BCUT2D eigenvalue weighted by atomic mass is 32.2. The maximum atomic E-state index is 13.9. The van der Waals surface area contributed by atoms with Crippen molar-refractivity contribution in [2.75, 3.05) is 11.6 Å². The SMILES string of the molecule is CS(=O)(=O)Cc1ccc2c(c1)S(=O)(=O)N=C(C1=CC3C([C@@H]4CC[C@H]3C4)N(Cc3ccc(F)cc3)C1=O)N2. The first-order valence-electron chi connectivity index (χ1n) is 12.2. The normalized spacial score (nSPS) is 27.7. The first kappa shape index (κ1) is 24.3. The van der Waals surface area contributed by atoms with Crippen LogP contribution in [0.2, 0.25) is 0 Å². The molecule has 2 aromatic carbocycles. The fraction of sp³-hybridized carbons (Fsp3) is 0.385. The van der Waals surface area contributed by atoms with Gasteiger partial charge in [0.25, 0.3) is 15.9 Å². The van der Waals surface area contributed by atoms with Crippen molar-refractivity contribution in [2.24, 2.45) is 22.2 Å². The van der Waals surface area contributed by atoms with Gasteiger partial charge in [0.2, 0.25) is 0 Å². The highest BCUT2D eigenvalue weighted by molar-refractivity contribution is 7.90. The number of nitrogens with zero attached hydrogens (tertiary/aromatic N) is 2. The summed E-state index contributed by atoms with van der Waals surface area (Å²) in [4.78, 5) is 15.5. The number of fused-ring (bicyclic) bond motifs is 6. The summed E-state index contributed by atoms with van der Waals surface area (Å²) >= 11 is 0. The maximum Gasteiger partial charge on any atom is 0.286 e. The number of amidine groups is 1.